The standard InChI is InChI=1S/C25H25N3O2/c29-25(27(19-9-3-1-4-10-19)20-11-5-2-6-12-20)28-21-14-15-22(28)18-23(17-21)30-24-13-7-8-16-26-24/h1-13,16,21-23H,14-15,17-18H2. The molecule has 30 heavy (non-hydrogen) atoms. The zero-order valence-electron chi connectivity index (χ0n) is 16.8. The number of benzene rings is 2. The van der Waals surface area contributed by atoms with Crippen LogP contribution in [0.25, 0.3) is 0 Å². The fraction of sp³-hybridized carbons (Fsp3) is 0.280. The molecule has 3 aromatic rings. The van der Waals surface area contributed by atoms with Crippen molar-refractivity contribution in [2.24, 2.45) is 0 Å². The Labute approximate surface area is 176 Å². The van der Waals surface area contributed by atoms with Crippen molar-refractivity contribution in [2.45, 2.75) is 43.9 Å². The molecule has 2 aromatic carbocycles. The average molecular weight is 399 g/mol. The summed E-state index contributed by atoms with van der Waals surface area (Å²) in [4.78, 5) is 22.1. The predicted molar refractivity (Wildman–Crippen MR) is 117 cm³/mol. The maximum Gasteiger partial charge on any atom is 0.329 e. The predicted octanol–water partition coefficient (Wildman–Crippen LogP) is 5.41. The number of ether oxygens (including phenoxy) is 1. The van der Waals surface area contributed by atoms with E-state index in [-0.39, 0.29) is 24.2 Å². The summed E-state index contributed by atoms with van der Waals surface area (Å²) in [5.41, 5.74) is 1.78. The molecule has 2 aliphatic rings. The van der Waals surface area contributed by atoms with Crippen LogP contribution in [0, 0.1) is 0 Å². The fourth-order valence-electron chi connectivity index (χ4n) is 4.76. The second-order valence-electron chi connectivity index (χ2n) is 7.96. The van der Waals surface area contributed by atoms with Crippen molar-refractivity contribution in [1.82, 2.24) is 9.88 Å². The first-order valence-corrected chi connectivity index (χ1v) is 10.6. The second kappa shape index (κ2) is 8.19. The van der Waals surface area contributed by atoms with Gasteiger partial charge in [-0.05, 0) is 43.2 Å². The summed E-state index contributed by atoms with van der Waals surface area (Å²) in [7, 11) is 0. The molecule has 0 saturated carbocycles. The van der Waals surface area contributed by atoms with Crippen LogP contribution in [0.2, 0.25) is 0 Å². The van der Waals surface area contributed by atoms with Crippen molar-refractivity contribution in [2.75, 3.05) is 4.90 Å². The Morgan fingerprint density at radius 1 is 0.833 bits per heavy atom. The van der Waals surface area contributed by atoms with Gasteiger partial charge in [0.05, 0.1) is 11.4 Å². The van der Waals surface area contributed by atoms with E-state index < -0.39 is 0 Å². The molecule has 5 rings (SSSR count). The van der Waals surface area contributed by atoms with Gasteiger partial charge in [-0.3, -0.25) is 4.90 Å². The Morgan fingerprint density at radius 2 is 1.40 bits per heavy atom. The molecule has 5 heteroatoms. The number of carbonyl (C=O) groups is 1. The van der Waals surface area contributed by atoms with Gasteiger partial charge in [-0.2, -0.15) is 0 Å². The van der Waals surface area contributed by atoms with E-state index >= 15 is 0 Å². The molecule has 2 amide bonds. The minimum absolute atomic E-state index is 0.0520. The quantitative estimate of drug-likeness (QED) is 0.589. The molecule has 0 aliphatic carbocycles. The van der Waals surface area contributed by atoms with Crippen molar-refractivity contribution < 1.29 is 9.53 Å². The smallest absolute Gasteiger partial charge is 0.329 e. The number of nitrogens with zero attached hydrogens (tertiary/aromatic N) is 3. The van der Waals surface area contributed by atoms with Gasteiger partial charge in [0.1, 0.15) is 6.10 Å². The van der Waals surface area contributed by atoms with E-state index in [0.717, 1.165) is 37.1 Å². The van der Waals surface area contributed by atoms with Crippen molar-refractivity contribution in [3.8, 4) is 5.88 Å². The summed E-state index contributed by atoms with van der Waals surface area (Å²) in [5.74, 6) is 0.664. The lowest BCUT2D eigenvalue weighted by atomic mass is 10.00. The first-order chi connectivity index (χ1) is 14.8. The highest BCUT2D eigenvalue weighted by molar-refractivity contribution is 5.99. The third-order valence-corrected chi connectivity index (χ3v) is 6.06. The van der Waals surface area contributed by atoms with Crippen LogP contribution in [-0.4, -0.2) is 34.1 Å². The van der Waals surface area contributed by atoms with E-state index in [9.17, 15) is 4.79 Å². The summed E-state index contributed by atoms with van der Waals surface area (Å²) < 4.78 is 6.13. The van der Waals surface area contributed by atoms with Crippen LogP contribution in [0.1, 0.15) is 25.7 Å². The monoisotopic (exact) mass is 399 g/mol. The average Bonchev–Trinajstić information content (AvgIpc) is 3.06. The molecule has 152 valence electrons. The Morgan fingerprint density at radius 3 is 1.93 bits per heavy atom. The molecular formula is C25H25N3O2. The molecule has 2 unspecified atom stereocenters. The lowest BCUT2D eigenvalue weighted by molar-refractivity contribution is 0.0690. The van der Waals surface area contributed by atoms with E-state index in [1.54, 1.807) is 6.20 Å². The van der Waals surface area contributed by atoms with Crippen LogP contribution >= 0.6 is 0 Å². The van der Waals surface area contributed by atoms with E-state index in [1.165, 1.54) is 0 Å². The number of urea groups is 1. The van der Waals surface area contributed by atoms with Gasteiger partial charge in [-0.15, -0.1) is 0 Å². The minimum Gasteiger partial charge on any atom is -0.474 e. The summed E-state index contributed by atoms with van der Waals surface area (Å²) in [6.45, 7) is 0. The normalized spacial score (nSPS) is 22.5. The number of amides is 2. The number of pyridine rings is 1. The largest absolute Gasteiger partial charge is 0.474 e. The Bertz CT molecular complexity index is 928. The van der Waals surface area contributed by atoms with Gasteiger partial charge in [0.2, 0.25) is 5.88 Å². The van der Waals surface area contributed by atoms with Crippen LogP contribution in [0.3, 0.4) is 0 Å². The Hall–Kier alpha value is -3.34. The highest BCUT2D eigenvalue weighted by Gasteiger charge is 2.45. The lowest BCUT2D eigenvalue weighted by Gasteiger charge is -2.41. The second-order valence-corrected chi connectivity index (χ2v) is 7.96. The van der Waals surface area contributed by atoms with Crippen LogP contribution < -0.4 is 9.64 Å². The van der Waals surface area contributed by atoms with E-state index in [4.69, 9.17) is 4.74 Å². The third kappa shape index (κ3) is 3.63. The molecule has 2 aliphatic heterocycles. The number of aromatic nitrogens is 1. The number of rotatable bonds is 4. The molecule has 2 bridgehead atoms. The molecule has 5 nitrogen and oxygen atoms in total. The van der Waals surface area contributed by atoms with Crippen molar-refractivity contribution in [3.05, 3.63) is 85.1 Å². The SMILES string of the molecule is O=C(N(c1ccccc1)c1ccccc1)N1C2CCC1CC(Oc1ccccn1)C2. The number of piperidine rings is 1. The molecule has 3 heterocycles. The van der Waals surface area contributed by atoms with Crippen LogP contribution in [0.15, 0.2) is 85.1 Å². The number of hydrogen-bond donors (Lipinski definition) is 0. The van der Waals surface area contributed by atoms with Crippen LogP contribution in [0.4, 0.5) is 16.2 Å². The summed E-state index contributed by atoms with van der Waals surface area (Å²) in [6.07, 6.45) is 5.58. The molecule has 0 N–H and O–H groups in total. The van der Waals surface area contributed by atoms with E-state index in [0.29, 0.717) is 5.88 Å². The molecule has 0 radical (unpaired) electrons. The topological polar surface area (TPSA) is 45.7 Å². The van der Waals surface area contributed by atoms with Crippen molar-refractivity contribution >= 4 is 17.4 Å². The van der Waals surface area contributed by atoms with Gasteiger partial charge in [0.25, 0.3) is 0 Å². The van der Waals surface area contributed by atoms with Gasteiger partial charge < -0.3 is 9.64 Å². The zero-order valence-corrected chi connectivity index (χ0v) is 16.8. The Balaban J connectivity index is 1.39. The first-order valence-electron chi connectivity index (χ1n) is 10.6. The van der Waals surface area contributed by atoms with Gasteiger partial charge in [-0.1, -0.05) is 42.5 Å². The molecule has 2 saturated heterocycles. The summed E-state index contributed by atoms with van der Waals surface area (Å²) >= 11 is 0. The molecule has 1 aromatic heterocycles. The molecular weight excluding hydrogens is 374 g/mol. The van der Waals surface area contributed by atoms with Crippen LogP contribution in [0.5, 0.6) is 5.88 Å². The van der Waals surface area contributed by atoms with Gasteiger partial charge in [-0.25, -0.2) is 9.78 Å². The maximum atomic E-state index is 13.8. The molecule has 2 atom stereocenters. The van der Waals surface area contributed by atoms with Gasteiger partial charge in [0, 0.05) is 37.2 Å². The number of carbonyl (C=O) groups excluding carboxylic acids is 1. The molecule has 2 fully saturated rings. The molecule has 0 spiro atoms. The van der Waals surface area contributed by atoms with Crippen molar-refractivity contribution in [3.63, 3.8) is 0 Å². The summed E-state index contributed by atoms with van der Waals surface area (Å²) in [6, 6.07) is 26.0. The number of hydrogen-bond acceptors (Lipinski definition) is 3. The van der Waals surface area contributed by atoms with Gasteiger partial charge in [0.15, 0.2) is 0 Å². The van der Waals surface area contributed by atoms with Crippen molar-refractivity contribution in [1.29, 1.82) is 0 Å². The first kappa shape index (κ1) is 18.7. The number of para-hydroxylation sites is 2. The van der Waals surface area contributed by atoms with Gasteiger partial charge >= 0.3 is 6.03 Å². The van der Waals surface area contributed by atoms with E-state index in [2.05, 4.69) is 9.88 Å². The third-order valence-electron chi connectivity index (χ3n) is 6.06. The number of fused-ring (bicyclic) bond motifs is 2. The number of anilines is 2. The zero-order chi connectivity index (χ0) is 20.3. The van der Waals surface area contributed by atoms with Crippen LogP contribution in [-0.2, 0) is 0 Å². The Kier molecular flexibility index (Phi) is 5.10. The highest BCUT2D eigenvalue weighted by Crippen LogP contribution is 2.39. The van der Waals surface area contributed by atoms with E-state index in [1.807, 2.05) is 83.8 Å². The maximum absolute atomic E-state index is 13.8. The fourth-order valence-corrected chi connectivity index (χ4v) is 4.76. The summed E-state index contributed by atoms with van der Waals surface area (Å²) in [5, 5.41) is 0. The minimum atomic E-state index is 0.0520. The highest BCUT2D eigenvalue weighted by atomic mass is 16.5. The lowest BCUT2D eigenvalue weighted by Crippen LogP contribution is -2.53.